The molecule has 0 spiro atoms. The summed E-state index contributed by atoms with van der Waals surface area (Å²) in [6, 6.07) is 0.694. The molecule has 6 heteroatoms. The second-order valence-corrected chi connectivity index (χ2v) is 10.4. The van der Waals surface area contributed by atoms with Gasteiger partial charge in [-0.1, -0.05) is 6.42 Å². The Kier molecular flexibility index (Phi) is 7.03. The minimum absolute atomic E-state index is 0.0650. The van der Waals surface area contributed by atoms with E-state index in [2.05, 4.69) is 39.7 Å². The molecule has 3 saturated heterocycles. The van der Waals surface area contributed by atoms with Crippen molar-refractivity contribution >= 4 is 23.0 Å². The molecule has 1 saturated carbocycles. The van der Waals surface area contributed by atoms with Gasteiger partial charge in [0, 0.05) is 30.1 Å². The molecule has 3 heterocycles. The zero-order valence-electron chi connectivity index (χ0n) is 17.3. The Bertz CT molecular complexity index is 573. The molecule has 0 aromatic rings. The minimum atomic E-state index is 0.0650. The van der Waals surface area contributed by atoms with Crippen molar-refractivity contribution in [3.8, 4) is 0 Å². The zero-order chi connectivity index (χ0) is 19.6. The number of likely N-dealkylation sites (tertiary alicyclic amines) is 1. The van der Waals surface area contributed by atoms with Crippen LogP contribution in [0.4, 0.5) is 4.39 Å². The van der Waals surface area contributed by atoms with E-state index in [-0.39, 0.29) is 11.6 Å². The van der Waals surface area contributed by atoms with Gasteiger partial charge in [0.25, 0.3) is 0 Å². The van der Waals surface area contributed by atoms with Gasteiger partial charge in [-0.2, -0.15) is 0 Å². The molecule has 0 aromatic heterocycles. The van der Waals surface area contributed by atoms with Gasteiger partial charge in [-0.3, -0.25) is 9.80 Å². The first-order valence-electron chi connectivity index (χ1n) is 11.2. The third kappa shape index (κ3) is 4.18. The van der Waals surface area contributed by atoms with Crippen molar-refractivity contribution in [2.24, 2.45) is 5.41 Å². The Morgan fingerprint density at radius 3 is 2.86 bits per heavy atom. The van der Waals surface area contributed by atoms with Crippen LogP contribution in [0.1, 0.15) is 64.7 Å². The third-order valence-electron chi connectivity index (χ3n) is 8.07. The van der Waals surface area contributed by atoms with E-state index in [9.17, 15) is 4.39 Å². The maximum absolute atomic E-state index is 13.0. The lowest BCUT2D eigenvalue weighted by Gasteiger charge is -2.46. The van der Waals surface area contributed by atoms with Crippen molar-refractivity contribution in [2.75, 3.05) is 39.4 Å². The molecule has 4 aliphatic rings. The van der Waals surface area contributed by atoms with E-state index in [0.717, 1.165) is 64.0 Å². The lowest BCUT2D eigenvalue weighted by atomic mass is 9.75. The highest BCUT2D eigenvalue weighted by Crippen LogP contribution is 2.48. The molecule has 4 unspecified atom stereocenters. The first-order chi connectivity index (χ1) is 13.6. The molecule has 1 aliphatic carbocycles. The normalized spacial score (nSPS) is 38.8. The van der Waals surface area contributed by atoms with Crippen LogP contribution in [0.2, 0.25) is 0 Å². The number of hydrogen-bond donors (Lipinski definition) is 0. The molecule has 4 nitrogen and oxygen atoms in total. The molecule has 0 radical (unpaired) electrons. The van der Waals surface area contributed by atoms with Crippen LogP contribution >= 0.6 is 23.0 Å². The van der Waals surface area contributed by atoms with Crippen molar-refractivity contribution in [3.63, 3.8) is 0 Å². The average Bonchev–Trinajstić information content (AvgIpc) is 3.37. The number of halogens is 2. The Balaban J connectivity index is 1.27. The standard InChI is InChI=1S/C22H36FIN2O2/c1-18(27-17-22-9-4-11-26(22)15-19(13-22)14-23)6-12-25-10-3-8-21(16-28-24)7-2-5-20(21)25/h14,18,20H,2-13,15-17H2,1H3/b19-14-. The fraction of sp³-hybridized carbons (Fsp3) is 0.909. The van der Waals surface area contributed by atoms with Crippen molar-refractivity contribution in [2.45, 2.75) is 82.4 Å². The van der Waals surface area contributed by atoms with Crippen LogP contribution in [0, 0.1) is 5.41 Å². The van der Waals surface area contributed by atoms with Crippen LogP contribution in [0.15, 0.2) is 11.9 Å². The van der Waals surface area contributed by atoms with E-state index in [1.165, 1.54) is 45.1 Å². The maximum Gasteiger partial charge on any atom is 0.109 e. The van der Waals surface area contributed by atoms with E-state index in [4.69, 9.17) is 7.80 Å². The van der Waals surface area contributed by atoms with Gasteiger partial charge in [0.05, 0.1) is 25.6 Å². The Morgan fingerprint density at radius 1 is 1.21 bits per heavy atom. The molecule has 28 heavy (non-hydrogen) atoms. The molecule has 0 N–H and O–H groups in total. The summed E-state index contributed by atoms with van der Waals surface area (Å²) < 4.78 is 25.0. The summed E-state index contributed by atoms with van der Waals surface area (Å²) in [5.41, 5.74) is 1.40. The van der Waals surface area contributed by atoms with Crippen molar-refractivity contribution in [1.29, 1.82) is 0 Å². The minimum Gasteiger partial charge on any atom is -0.377 e. The van der Waals surface area contributed by atoms with Gasteiger partial charge in [0.2, 0.25) is 0 Å². The molecule has 3 aliphatic heterocycles. The second-order valence-electron chi connectivity index (χ2n) is 9.77. The van der Waals surface area contributed by atoms with Gasteiger partial charge in [-0.05, 0) is 77.0 Å². The van der Waals surface area contributed by atoms with Crippen LogP contribution in [0.25, 0.3) is 0 Å². The number of piperidine rings is 1. The van der Waals surface area contributed by atoms with Crippen molar-refractivity contribution in [3.05, 3.63) is 11.9 Å². The fourth-order valence-electron chi connectivity index (χ4n) is 6.57. The van der Waals surface area contributed by atoms with Crippen LogP contribution in [0.3, 0.4) is 0 Å². The van der Waals surface area contributed by atoms with Crippen molar-refractivity contribution in [1.82, 2.24) is 9.80 Å². The van der Waals surface area contributed by atoms with Crippen LogP contribution < -0.4 is 0 Å². The summed E-state index contributed by atoms with van der Waals surface area (Å²) in [5, 5.41) is 0. The Hall–Kier alpha value is 0.240. The third-order valence-corrected chi connectivity index (χ3v) is 8.38. The Labute approximate surface area is 183 Å². The highest BCUT2D eigenvalue weighted by Gasteiger charge is 2.48. The SMILES string of the molecule is CC(CCN1CCCC2(COI)CCCC12)OCC12CCCN1C/C(=C\F)C2. The summed E-state index contributed by atoms with van der Waals surface area (Å²) in [4.78, 5) is 5.18. The summed E-state index contributed by atoms with van der Waals surface area (Å²) in [7, 11) is 0. The first kappa shape index (κ1) is 21.5. The van der Waals surface area contributed by atoms with E-state index in [1.807, 2.05) is 0 Å². The van der Waals surface area contributed by atoms with Crippen LogP contribution in [0.5, 0.6) is 0 Å². The quantitative estimate of drug-likeness (QED) is 0.439. The van der Waals surface area contributed by atoms with E-state index in [0.29, 0.717) is 11.5 Å². The molecular weight excluding hydrogens is 470 g/mol. The summed E-state index contributed by atoms with van der Waals surface area (Å²) in [6.45, 7) is 8.11. The summed E-state index contributed by atoms with van der Waals surface area (Å²) in [6.07, 6.45) is 12.0. The largest absolute Gasteiger partial charge is 0.377 e. The zero-order valence-corrected chi connectivity index (χ0v) is 19.5. The highest BCUT2D eigenvalue weighted by molar-refractivity contribution is 14.1. The number of nitrogens with zero attached hydrogens (tertiary/aromatic N) is 2. The number of rotatable bonds is 8. The summed E-state index contributed by atoms with van der Waals surface area (Å²) >= 11 is 2.08. The predicted molar refractivity (Wildman–Crippen MR) is 118 cm³/mol. The van der Waals surface area contributed by atoms with Crippen LogP contribution in [-0.2, 0) is 7.80 Å². The number of fused-ring (bicyclic) bond motifs is 2. The molecule has 160 valence electrons. The molecule has 4 fully saturated rings. The Morgan fingerprint density at radius 2 is 2.04 bits per heavy atom. The topological polar surface area (TPSA) is 24.9 Å². The van der Waals surface area contributed by atoms with Gasteiger partial charge in [0.1, 0.15) is 23.0 Å². The second kappa shape index (κ2) is 9.16. The average molecular weight is 506 g/mol. The number of ether oxygens (including phenoxy) is 1. The molecule has 0 bridgehead atoms. The smallest absolute Gasteiger partial charge is 0.109 e. The first-order valence-corrected chi connectivity index (χ1v) is 12.1. The van der Waals surface area contributed by atoms with Gasteiger partial charge >= 0.3 is 0 Å². The molecule has 4 atom stereocenters. The molecule has 0 amide bonds. The van der Waals surface area contributed by atoms with E-state index >= 15 is 0 Å². The monoisotopic (exact) mass is 506 g/mol. The fourth-order valence-corrected chi connectivity index (χ4v) is 7.19. The van der Waals surface area contributed by atoms with Gasteiger partial charge in [-0.25, -0.2) is 4.39 Å². The molecule has 4 rings (SSSR count). The molecule has 0 aromatic carbocycles. The van der Waals surface area contributed by atoms with Gasteiger partial charge < -0.3 is 7.80 Å². The molecular formula is C22H36FIN2O2. The van der Waals surface area contributed by atoms with Gasteiger partial charge in [-0.15, -0.1) is 0 Å². The highest BCUT2D eigenvalue weighted by atomic mass is 127. The summed E-state index contributed by atoms with van der Waals surface area (Å²) in [5.74, 6) is 0. The predicted octanol–water partition coefficient (Wildman–Crippen LogP) is 4.87. The number of hydrogen-bond acceptors (Lipinski definition) is 4. The lowest BCUT2D eigenvalue weighted by molar-refractivity contribution is -0.0255. The lowest BCUT2D eigenvalue weighted by Crippen LogP contribution is -2.51. The van der Waals surface area contributed by atoms with Crippen molar-refractivity contribution < 1.29 is 12.2 Å². The maximum atomic E-state index is 13.0. The van der Waals surface area contributed by atoms with Crippen LogP contribution in [-0.4, -0.2) is 66.9 Å². The van der Waals surface area contributed by atoms with E-state index < -0.39 is 0 Å². The van der Waals surface area contributed by atoms with Gasteiger partial charge in [0.15, 0.2) is 0 Å². The van der Waals surface area contributed by atoms with E-state index in [1.54, 1.807) is 0 Å².